The highest BCUT2D eigenvalue weighted by molar-refractivity contribution is 9.09. The molecule has 0 unspecified atom stereocenters. The fourth-order valence-electron chi connectivity index (χ4n) is 1.60. The summed E-state index contributed by atoms with van der Waals surface area (Å²) in [6.07, 6.45) is 2.19. The summed E-state index contributed by atoms with van der Waals surface area (Å²) in [7, 11) is 0. The number of carbonyl (C=O) groups is 1. The quantitative estimate of drug-likeness (QED) is 0.817. The number of carbonyl (C=O) groups excluding carboxylic acids is 1. The van der Waals surface area contributed by atoms with E-state index in [4.69, 9.17) is 4.42 Å². The molecule has 96 valence electrons. The Hall–Kier alpha value is -0.770. The third-order valence-electron chi connectivity index (χ3n) is 2.68. The number of hydrogen-bond donors (Lipinski definition) is 1. The SMILES string of the molecule is Cc1ccc(C(=O)NCC(C)(C)CCCBr)o1. The Kier molecular flexibility index (Phi) is 5.25. The molecular formula is C13H20BrNO2. The van der Waals surface area contributed by atoms with Gasteiger partial charge < -0.3 is 9.73 Å². The molecule has 0 radical (unpaired) electrons. The number of aryl methyl sites for hydroxylation is 1. The van der Waals surface area contributed by atoms with Crippen molar-refractivity contribution in [2.24, 2.45) is 5.41 Å². The number of halogens is 1. The smallest absolute Gasteiger partial charge is 0.287 e. The lowest BCUT2D eigenvalue weighted by atomic mass is 9.88. The molecule has 4 heteroatoms. The minimum atomic E-state index is -0.134. The first-order valence-electron chi connectivity index (χ1n) is 5.85. The highest BCUT2D eigenvalue weighted by atomic mass is 79.9. The predicted octanol–water partition coefficient (Wildman–Crippen LogP) is 3.52. The molecule has 17 heavy (non-hydrogen) atoms. The molecule has 0 aromatic carbocycles. The Morgan fingerprint density at radius 1 is 1.47 bits per heavy atom. The van der Waals surface area contributed by atoms with Gasteiger partial charge in [-0.1, -0.05) is 29.8 Å². The van der Waals surface area contributed by atoms with E-state index in [-0.39, 0.29) is 11.3 Å². The Morgan fingerprint density at radius 3 is 2.71 bits per heavy atom. The molecule has 3 nitrogen and oxygen atoms in total. The molecule has 1 aromatic rings. The Bertz CT molecular complexity index is 371. The summed E-state index contributed by atoms with van der Waals surface area (Å²) in [4.78, 5) is 11.8. The number of rotatable bonds is 6. The maximum atomic E-state index is 11.8. The van der Waals surface area contributed by atoms with Crippen LogP contribution >= 0.6 is 15.9 Å². The van der Waals surface area contributed by atoms with Crippen LogP contribution in [0, 0.1) is 12.3 Å². The van der Waals surface area contributed by atoms with Gasteiger partial charge in [0.1, 0.15) is 5.76 Å². The molecule has 0 aliphatic carbocycles. The maximum Gasteiger partial charge on any atom is 0.287 e. The molecule has 1 aromatic heterocycles. The zero-order valence-electron chi connectivity index (χ0n) is 10.7. The van der Waals surface area contributed by atoms with E-state index < -0.39 is 0 Å². The second-order valence-corrected chi connectivity index (χ2v) is 5.84. The van der Waals surface area contributed by atoms with Gasteiger partial charge in [-0.05, 0) is 37.3 Å². The van der Waals surface area contributed by atoms with Crippen molar-refractivity contribution in [2.45, 2.75) is 33.6 Å². The van der Waals surface area contributed by atoms with Crippen molar-refractivity contribution in [3.05, 3.63) is 23.7 Å². The summed E-state index contributed by atoms with van der Waals surface area (Å²) in [5, 5.41) is 3.92. The molecule has 0 bridgehead atoms. The van der Waals surface area contributed by atoms with Gasteiger partial charge in [0.15, 0.2) is 5.76 Å². The van der Waals surface area contributed by atoms with Crippen LogP contribution in [0.15, 0.2) is 16.5 Å². The lowest BCUT2D eigenvalue weighted by molar-refractivity contribution is 0.0905. The van der Waals surface area contributed by atoms with Crippen molar-refractivity contribution in [1.29, 1.82) is 0 Å². The zero-order valence-corrected chi connectivity index (χ0v) is 12.3. The van der Waals surface area contributed by atoms with E-state index in [1.807, 2.05) is 6.92 Å². The molecule has 0 atom stereocenters. The second kappa shape index (κ2) is 6.24. The number of furan rings is 1. The summed E-state index contributed by atoms with van der Waals surface area (Å²) in [5.41, 5.74) is 0.116. The number of amides is 1. The number of nitrogens with one attached hydrogen (secondary N) is 1. The van der Waals surface area contributed by atoms with Crippen LogP contribution in [0.25, 0.3) is 0 Å². The minimum Gasteiger partial charge on any atom is -0.456 e. The molecule has 0 aliphatic heterocycles. The molecule has 0 aliphatic rings. The van der Waals surface area contributed by atoms with E-state index in [2.05, 4.69) is 35.1 Å². The lowest BCUT2D eigenvalue weighted by Gasteiger charge is -2.24. The minimum absolute atomic E-state index is 0.116. The van der Waals surface area contributed by atoms with Crippen LogP contribution in [-0.4, -0.2) is 17.8 Å². The first-order chi connectivity index (χ1) is 7.94. The summed E-state index contributed by atoms with van der Waals surface area (Å²) >= 11 is 3.42. The van der Waals surface area contributed by atoms with Crippen LogP contribution in [0.2, 0.25) is 0 Å². The van der Waals surface area contributed by atoms with Crippen molar-refractivity contribution < 1.29 is 9.21 Å². The van der Waals surface area contributed by atoms with Crippen molar-refractivity contribution >= 4 is 21.8 Å². The van der Waals surface area contributed by atoms with E-state index in [0.717, 1.165) is 23.9 Å². The first-order valence-corrected chi connectivity index (χ1v) is 6.97. The van der Waals surface area contributed by atoms with Crippen molar-refractivity contribution in [3.8, 4) is 0 Å². The van der Waals surface area contributed by atoms with Gasteiger partial charge in [0.2, 0.25) is 0 Å². The molecule has 1 heterocycles. The van der Waals surface area contributed by atoms with Gasteiger partial charge in [-0.15, -0.1) is 0 Å². The molecule has 1 amide bonds. The van der Waals surface area contributed by atoms with Gasteiger partial charge in [0.05, 0.1) is 0 Å². The van der Waals surface area contributed by atoms with Gasteiger partial charge >= 0.3 is 0 Å². The van der Waals surface area contributed by atoms with Crippen molar-refractivity contribution in [1.82, 2.24) is 5.32 Å². The van der Waals surface area contributed by atoms with Crippen LogP contribution < -0.4 is 5.32 Å². The number of alkyl halides is 1. The van der Waals surface area contributed by atoms with Gasteiger partial charge in [-0.25, -0.2) is 0 Å². The van der Waals surface area contributed by atoms with Crippen LogP contribution in [0.3, 0.4) is 0 Å². The maximum absolute atomic E-state index is 11.8. The van der Waals surface area contributed by atoms with Gasteiger partial charge in [-0.2, -0.15) is 0 Å². The van der Waals surface area contributed by atoms with E-state index in [9.17, 15) is 4.79 Å². The Morgan fingerprint density at radius 2 is 2.18 bits per heavy atom. The average molecular weight is 302 g/mol. The Labute approximate surface area is 111 Å². The zero-order chi connectivity index (χ0) is 12.9. The molecule has 0 saturated carbocycles. The first kappa shape index (κ1) is 14.3. The lowest BCUT2D eigenvalue weighted by Crippen LogP contribution is -2.33. The molecular weight excluding hydrogens is 282 g/mol. The fourth-order valence-corrected chi connectivity index (χ4v) is 1.88. The summed E-state index contributed by atoms with van der Waals surface area (Å²) in [5.74, 6) is 1.01. The molecule has 0 saturated heterocycles. The molecule has 0 spiro atoms. The van der Waals surface area contributed by atoms with Gasteiger partial charge in [0, 0.05) is 11.9 Å². The normalized spacial score (nSPS) is 11.5. The van der Waals surface area contributed by atoms with Gasteiger partial charge in [-0.3, -0.25) is 4.79 Å². The molecule has 1 rings (SSSR count). The standard InChI is InChI=1S/C13H20BrNO2/c1-10-5-6-11(17-10)12(16)15-9-13(2,3)7-4-8-14/h5-6H,4,7-9H2,1-3H3,(H,15,16). The van der Waals surface area contributed by atoms with Crippen LogP contribution in [0.1, 0.15) is 43.0 Å². The highest BCUT2D eigenvalue weighted by Crippen LogP contribution is 2.21. The second-order valence-electron chi connectivity index (χ2n) is 5.05. The van der Waals surface area contributed by atoms with E-state index in [1.165, 1.54) is 0 Å². The van der Waals surface area contributed by atoms with E-state index >= 15 is 0 Å². The Balaban J connectivity index is 2.42. The third-order valence-corrected chi connectivity index (χ3v) is 3.24. The molecule has 1 N–H and O–H groups in total. The van der Waals surface area contributed by atoms with E-state index in [1.54, 1.807) is 12.1 Å². The average Bonchev–Trinajstić information content (AvgIpc) is 2.70. The van der Waals surface area contributed by atoms with Gasteiger partial charge in [0.25, 0.3) is 5.91 Å². The van der Waals surface area contributed by atoms with Crippen LogP contribution in [0.4, 0.5) is 0 Å². The van der Waals surface area contributed by atoms with Crippen LogP contribution in [0.5, 0.6) is 0 Å². The summed E-state index contributed by atoms with van der Waals surface area (Å²) in [6.45, 7) is 6.81. The molecule has 0 fully saturated rings. The predicted molar refractivity (Wildman–Crippen MR) is 72.6 cm³/mol. The van der Waals surface area contributed by atoms with E-state index in [0.29, 0.717) is 12.3 Å². The largest absolute Gasteiger partial charge is 0.456 e. The fraction of sp³-hybridized carbons (Fsp3) is 0.615. The monoisotopic (exact) mass is 301 g/mol. The van der Waals surface area contributed by atoms with Crippen molar-refractivity contribution in [2.75, 3.05) is 11.9 Å². The summed E-state index contributed by atoms with van der Waals surface area (Å²) in [6, 6.07) is 3.50. The number of hydrogen-bond acceptors (Lipinski definition) is 2. The summed E-state index contributed by atoms with van der Waals surface area (Å²) < 4.78 is 5.27. The third kappa shape index (κ3) is 4.94. The highest BCUT2D eigenvalue weighted by Gasteiger charge is 2.19. The van der Waals surface area contributed by atoms with Crippen LogP contribution in [-0.2, 0) is 0 Å². The van der Waals surface area contributed by atoms with Crippen molar-refractivity contribution in [3.63, 3.8) is 0 Å². The topological polar surface area (TPSA) is 42.2 Å².